The molecule has 2 rings (SSSR count). The lowest BCUT2D eigenvalue weighted by Crippen LogP contribution is -2.36. The molecule has 1 N–H and O–H groups in total. The quantitative estimate of drug-likeness (QED) is 0.862. The van der Waals surface area contributed by atoms with Crippen LogP contribution in [0.25, 0.3) is 0 Å². The summed E-state index contributed by atoms with van der Waals surface area (Å²) in [5.41, 5.74) is 1.81. The molecule has 6 nitrogen and oxygen atoms in total. The van der Waals surface area contributed by atoms with E-state index in [1.54, 1.807) is 17.0 Å². The fraction of sp³-hybridized carbons (Fsp3) is 0.533. The average molecular weight is 326 g/mol. The monoisotopic (exact) mass is 326 g/mol. The topological polar surface area (TPSA) is 75.7 Å². The smallest absolute Gasteiger partial charge is 0.410 e. The van der Waals surface area contributed by atoms with Crippen LogP contribution in [0.4, 0.5) is 4.79 Å². The summed E-state index contributed by atoms with van der Waals surface area (Å²) in [5, 5.41) is 0. The standard InChI is InChI=1S/C15H22N2O4S/c1-11(2)17-9-14(21-15(17)18)8-16-22(19,20)10-13-6-4-12(3)5-7-13/h4-7,11,14,16H,8-10H2,1-3H3. The van der Waals surface area contributed by atoms with Crippen LogP contribution in [0.1, 0.15) is 25.0 Å². The molecule has 1 atom stereocenters. The number of ether oxygens (including phenoxy) is 1. The Morgan fingerprint density at radius 2 is 1.95 bits per heavy atom. The van der Waals surface area contributed by atoms with E-state index in [-0.39, 0.29) is 18.3 Å². The average Bonchev–Trinajstić information content (AvgIpc) is 2.81. The summed E-state index contributed by atoms with van der Waals surface area (Å²) >= 11 is 0. The molecule has 1 unspecified atom stereocenters. The first-order chi connectivity index (χ1) is 10.3. The lowest BCUT2D eigenvalue weighted by atomic mass is 10.2. The molecule has 0 spiro atoms. The van der Waals surface area contributed by atoms with Gasteiger partial charge in [0.2, 0.25) is 10.0 Å². The van der Waals surface area contributed by atoms with Gasteiger partial charge in [0.1, 0.15) is 6.10 Å². The van der Waals surface area contributed by atoms with Crippen molar-refractivity contribution in [2.45, 2.75) is 38.7 Å². The van der Waals surface area contributed by atoms with Crippen molar-refractivity contribution >= 4 is 16.1 Å². The molecule has 1 fully saturated rings. The van der Waals surface area contributed by atoms with Gasteiger partial charge in [-0.2, -0.15) is 0 Å². The van der Waals surface area contributed by atoms with Crippen LogP contribution < -0.4 is 4.72 Å². The van der Waals surface area contributed by atoms with Crippen molar-refractivity contribution in [3.8, 4) is 0 Å². The molecular weight excluding hydrogens is 304 g/mol. The summed E-state index contributed by atoms with van der Waals surface area (Å²) in [6.45, 7) is 6.24. The number of nitrogens with one attached hydrogen (secondary N) is 1. The SMILES string of the molecule is Cc1ccc(CS(=O)(=O)NCC2CN(C(C)C)C(=O)O2)cc1. The number of carbonyl (C=O) groups is 1. The number of rotatable bonds is 6. The Kier molecular flexibility index (Phi) is 5.08. The number of hydrogen-bond donors (Lipinski definition) is 1. The van der Waals surface area contributed by atoms with Crippen molar-refractivity contribution in [2.75, 3.05) is 13.1 Å². The Balaban J connectivity index is 1.88. The molecule has 1 heterocycles. The summed E-state index contributed by atoms with van der Waals surface area (Å²) in [6.07, 6.45) is -0.833. The molecule has 22 heavy (non-hydrogen) atoms. The molecular formula is C15H22N2O4S. The Labute approximate surface area is 131 Å². The van der Waals surface area contributed by atoms with Gasteiger partial charge in [0.25, 0.3) is 0 Å². The number of carbonyl (C=O) groups excluding carboxylic acids is 1. The van der Waals surface area contributed by atoms with Crippen LogP contribution in [0.5, 0.6) is 0 Å². The highest BCUT2D eigenvalue weighted by atomic mass is 32.2. The Bertz CT molecular complexity index is 625. The van der Waals surface area contributed by atoms with E-state index in [0.29, 0.717) is 6.54 Å². The van der Waals surface area contributed by atoms with E-state index in [2.05, 4.69) is 4.72 Å². The highest BCUT2D eigenvalue weighted by molar-refractivity contribution is 7.88. The van der Waals surface area contributed by atoms with Crippen LogP contribution in [0.3, 0.4) is 0 Å². The minimum atomic E-state index is -3.45. The van der Waals surface area contributed by atoms with Gasteiger partial charge in [-0.3, -0.25) is 0 Å². The van der Waals surface area contributed by atoms with Crippen molar-refractivity contribution in [1.29, 1.82) is 0 Å². The van der Waals surface area contributed by atoms with Crippen LogP contribution in [-0.4, -0.2) is 44.6 Å². The second-order valence-electron chi connectivity index (χ2n) is 5.85. The van der Waals surface area contributed by atoms with Crippen molar-refractivity contribution in [3.05, 3.63) is 35.4 Å². The van der Waals surface area contributed by atoms with Crippen molar-refractivity contribution in [2.24, 2.45) is 0 Å². The van der Waals surface area contributed by atoms with Gasteiger partial charge in [-0.25, -0.2) is 17.9 Å². The lowest BCUT2D eigenvalue weighted by Gasteiger charge is -2.16. The third-order valence-electron chi connectivity index (χ3n) is 3.53. The van der Waals surface area contributed by atoms with Gasteiger partial charge >= 0.3 is 6.09 Å². The number of nitrogens with zero attached hydrogens (tertiary/aromatic N) is 1. The maximum absolute atomic E-state index is 12.1. The highest BCUT2D eigenvalue weighted by Gasteiger charge is 2.33. The van der Waals surface area contributed by atoms with E-state index < -0.39 is 22.2 Å². The maximum atomic E-state index is 12.1. The van der Waals surface area contributed by atoms with Crippen LogP contribution in [0.2, 0.25) is 0 Å². The van der Waals surface area contributed by atoms with Gasteiger partial charge in [-0.1, -0.05) is 29.8 Å². The maximum Gasteiger partial charge on any atom is 0.410 e. The van der Waals surface area contributed by atoms with E-state index >= 15 is 0 Å². The first-order valence-electron chi connectivity index (χ1n) is 7.27. The lowest BCUT2D eigenvalue weighted by molar-refractivity contribution is 0.130. The minimum Gasteiger partial charge on any atom is -0.443 e. The normalized spacial score (nSPS) is 18.8. The van der Waals surface area contributed by atoms with E-state index in [4.69, 9.17) is 4.74 Å². The molecule has 122 valence electrons. The van der Waals surface area contributed by atoms with E-state index in [1.807, 2.05) is 32.9 Å². The molecule has 1 aliphatic heterocycles. The van der Waals surface area contributed by atoms with E-state index in [1.165, 1.54) is 0 Å². The van der Waals surface area contributed by atoms with Crippen LogP contribution in [0.15, 0.2) is 24.3 Å². The van der Waals surface area contributed by atoms with Gasteiger partial charge in [-0.15, -0.1) is 0 Å². The highest BCUT2D eigenvalue weighted by Crippen LogP contribution is 2.14. The van der Waals surface area contributed by atoms with Gasteiger partial charge in [0, 0.05) is 12.6 Å². The molecule has 1 amide bonds. The molecule has 1 aliphatic rings. The molecule has 0 saturated carbocycles. The van der Waals surface area contributed by atoms with Crippen molar-refractivity contribution in [3.63, 3.8) is 0 Å². The molecule has 0 aromatic heterocycles. The van der Waals surface area contributed by atoms with Crippen LogP contribution >= 0.6 is 0 Å². The Hall–Kier alpha value is -1.60. The largest absolute Gasteiger partial charge is 0.443 e. The fourth-order valence-electron chi connectivity index (χ4n) is 2.24. The van der Waals surface area contributed by atoms with E-state index in [9.17, 15) is 13.2 Å². The molecule has 0 radical (unpaired) electrons. The third kappa shape index (κ3) is 4.45. The molecule has 1 saturated heterocycles. The van der Waals surface area contributed by atoms with E-state index in [0.717, 1.165) is 11.1 Å². The minimum absolute atomic E-state index is 0.0432. The number of amides is 1. The third-order valence-corrected chi connectivity index (χ3v) is 4.85. The number of benzene rings is 1. The van der Waals surface area contributed by atoms with Gasteiger partial charge < -0.3 is 9.64 Å². The van der Waals surface area contributed by atoms with Gasteiger partial charge in [0.15, 0.2) is 0 Å². The Morgan fingerprint density at radius 1 is 1.32 bits per heavy atom. The summed E-state index contributed by atoms with van der Waals surface area (Å²) < 4.78 is 31.8. The molecule has 0 bridgehead atoms. The van der Waals surface area contributed by atoms with Crippen LogP contribution in [-0.2, 0) is 20.5 Å². The van der Waals surface area contributed by atoms with Crippen molar-refractivity contribution < 1.29 is 17.9 Å². The summed E-state index contributed by atoms with van der Waals surface area (Å²) in [5.74, 6) is -0.0815. The predicted molar refractivity (Wildman–Crippen MR) is 83.9 cm³/mol. The molecule has 0 aliphatic carbocycles. The number of sulfonamides is 1. The fourth-order valence-corrected chi connectivity index (χ4v) is 3.42. The summed E-state index contributed by atoms with van der Waals surface area (Å²) in [6, 6.07) is 7.39. The summed E-state index contributed by atoms with van der Waals surface area (Å²) in [7, 11) is -3.45. The zero-order valence-electron chi connectivity index (χ0n) is 13.1. The molecule has 7 heteroatoms. The second kappa shape index (κ2) is 6.66. The number of cyclic esters (lactones) is 1. The van der Waals surface area contributed by atoms with Gasteiger partial charge in [-0.05, 0) is 26.3 Å². The summed E-state index contributed by atoms with van der Waals surface area (Å²) in [4.78, 5) is 13.2. The predicted octanol–water partition coefficient (Wildman–Crippen LogP) is 1.64. The van der Waals surface area contributed by atoms with Crippen LogP contribution in [0, 0.1) is 6.92 Å². The zero-order chi connectivity index (χ0) is 16.3. The zero-order valence-corrected chi connectivity index (χ0v) is 13.9. The Morgan fingerprint density at radius 3 is 2.50 bits per heavy atom. The number of hydrogen-bond acceptors (Lipinski definition) is 4. The first kappa shape index (κ1) is 16.8. The molecule has 1 aromatic rings. The second-order valence-corrected chi connectivity index (χ2v) is 7.65. The number of aryl methyl sites for hydroxylation is 1. The van der Waals surface area contributed by atoms with Crippen molar-refractivity contribution in [1.82, 2.24) is 9.62 Å². The first-order valence-corrected chi connectivity index (χ1v) is 8.92. The van der Waals surface area contributed by atoms with Gasteiger partial charge in [0.05, 0.1) is 12.3 Å². The molecule has 1 aromatic carbocycles.